The van der Waals surface area contributed by atoms with E-state index in [4.69, 9.17) is 5.11 Å². The number of carbonyl (C=O) groups is 1. The molecule has 86 valence electrons. The molecule has 0 bridgehead atoms. The largest absolute Gasteiger partial charge is 0.481 e. The fourth-order valence-electron chi connectivity index (χ4n) is 3.26. The van der Waals surface area contributed by atoms with E-state index in [1.165, 1.54) is 43.6 Å². The van der Waals surface area contributed by atoms with Gasteiger partial charge in [0, 0.05) is 6.42 Å². The van der Waals surface area contributed by atoms with Gasteiger partial charge in [0.25, 0.3) is 0 Å². The monoisotopic (exact) mass is 228 g/mol. The summed E-state index contributed by atoms with van der Waals surface area (Å²) in [5.41, 5.74) is 0.388. The van der Waals surface area contributed by atoms with Crippen molar-refractivity contribution in [3.05, 3.63) is 0 Å². The van der Waals surface area contributed by atoms with E-state index < -0.39 is 5.97 Å². The summed E-state index contributed by atoms with van der Waals surface area (Å²) in [4.78, 5) is 10.9. The van der Waals surface area contributed by atoms with Gasteiger partial charge in [-0.15, -0.1) is 0 Å². The van der Waals surface area contributed by atoms with Gasteiger partial charge in [0.2, 0.25) is 0 Å². The van der Waals surface area contributed by atoms with Crippen molar-refractivity contribution in [3.8, 4) is 0 Å². The summed E-state index contributed by atoms with van der Waals surface area (Å²) >= 11 is 2.04. The molecule has 1 atom stereocenters. The van der Waals surface area contributed by atoms with Crippen molar-refractivity contribution in [1.82, 2.24) is 0 Å². The molecule has 1 N–H and O–H groups in total. The van der Waals surface area contributed by atoms with E-state index in [1.54, 1.807) is 0 Å². The van der Waals surface area contributed by atoms with Crippen LogP contribution >= 0.6 is 11.8 Å². The molecule has 2 rings (SSSR count). The van der Waals surface area contributed by atoms with Gasteiger partial charge in [-0.1, -0.05) is 19.3 Å². The third-order valence-electron chi connectivity index (χ3n) is 4.14. The first-order valence-electron chi connectivity index (χ1n) is 6.02. The van der Waals surface area contributed by atoms with Crippen molar-refractivity contribution >= 4 is 17.7 Å². The van der Waals surface area contributed by atoms with Crippen LogP contribution in [0, 0.1) is 11.3 Å². The molecule has 1 unspecified atom stereocenters. The number of carboxylic acids is 1. The van der Waals surface area contributed by atoms with Crippen LogP contribution in [0.4, 0.5) is 0 Å². The Balaban J connectivity index is 2.06. The number of thioether (sulfide) groups is 1. The van der Waals surface area contributed by atoms with Crippen LogP contribution < -0.4 is 0 Å². The van der Waals surface area contributed by atoms with Gasteiger partial charge in [0.05, 0.1) is 0 Å². The average Bonchev–Trinajstić information content (AvgIpc) is 2.23. The number of hydrogen-bond acceptors (Lipinski definition) is 2. The minimum absolute atomic E-state index is 0.388. The first-order chi connectivity index (χ1) is 7.23. The van der Waals surface area contributed by atoms with Crippen LogP contribution in [-0.2, 0) is 4.79 Å². The highest BCUT2D eigenvalue weighted by atomic mass is 32.2. The molecule has 1 aliphatic carbocycles. The van der Waals surface area contributed by atoms with Crippen LogP contribution in [-0.4, -0.2) is 22.6 Å². The Bertz CT molecular complexity index is 226. The summed E-state index contributed by atoms with van der Waals surface area (Å²) in [6.45, 7) is 0. The van der Waals surface area contributed by atoms with Crippen molar-refractivity contribution < 1.29 is 9.90 Å². The molecule has 0 aromatic carbocycles. The van der Waals surface area contributed by atoms with Gasteiger partial charge in [0.15, 0.2) is 0 Å². The van der Waals surface area contributed by atoms with E-state index in [0.29, 0.717) is 17.8 Å². The molecule has 0 aromatic rings. The van der Waals surface area contributed by atoms with E-state index in [9.17, 15) is 4.79 Å². The predicted octanol–water partition coefficient (Wildman–Crippen LogP) is 3.16. The maximum Gasteiger partial charge on any atom is 0.303 e. The molecular weight excluding hydrogens is 208 g/mol. The molecule has 0 radical (unpaired) electrons. The van der Waals surface area contributed by atoms with E-state index in [2.05, 4.69) is 0 Å². The molecule has 0 aromatic heterocycles. The lowest BCUT2D eigenvalue weighted by atomic mass is 9.65. The summed E-state index contributed by atoms with van der Waals surface area (Å²) in [5.74, 6) is 2.23. The van der Waals surface area contributed by atoms with Gasteiger partial charge in [-0.3, -0.25) is 4.79 Å². The third kappa shape index (κ3) is 2.49. The molecule has 2 fully saturated rings. The first-order valence-corrected chi connectivity index (χ1v) is 7.18. The van der Waals surface area contributed by atoms with Gasteiger partial charge in [-0.2, -0.15) is 11.8 Å². The minimum Gasteiger partial charge on any atom is -0.481 e. The summed E-state index contributed by atoms with van der Waals surface area (Å²) < 4.78 is 0. The van der Waals surface area contributed by atoms with Gasteiger partial charge in [-0.25, -0.2) is 0 Å². The Labute approximate surface area is 95.8 Å². The van der Waals surface area contributed by atoms with Gasteiger partial charge in [0.1, 0.15) is 0 Å². The van der Waals surface area contributed by atoms with Gasteiger partial charge < -0.3 is 5.11 Å². The zero-order valence-corrected chi connectivity index (χ0v) is 10.0. The van der Waals surface area contributed by atoms with E-state index in [1.807, 2.05) is 11.8 Å². The highest BCUT2D eigenvalue weighted by molar-refractivity contribution is 7.99. The molecule has 0 amide bonds. The lowest BCUT2D eigenvalue weighted by molar-refractivity contribution is -0.139. The van der Waals surface area contributed by atoms with E-state index in [0.717, 1.165) is 6.42 Å². The predicted molar refractivity (Wildman–Crippen MR) is 63.2 cm³/mol. The molecule has 2 nitrogen and oxygen atoms in total. The number of aliphatic carboxylic acids is 1. The summed E-state index contributed by atoms with van der Waals surface area (Å²) in [5, 5.41) is 8.97. The summed E-state index contributed by atoms with van der Waals surface area (Å²) in [7, 11) is 0. The topological polar surface area (TPSA) is 37.3 Å². The molecule has 1 aliphatic heterocycles. The van der Waals surface area contributed by atoms with Crippen molar-refractivity contribution in [2.24, 2.45) is 11.3 Å². The van der Waals surface area contributed by atoms with Crippen LogP contribution in [0.2, 0.25) is 0 Å². The average molecular weight is 228 g/mol. The van der Waals surface area contributed by atoms with Crippen LogP contribution in [0.5, 0.6) is 0 Å². The second-order valence-corrected chi connectivity index (χ2v) is 6.16. The normalized spacial score (nSPS) is 30.3. The van der Waals surface area contributed by atoms with E-state index >= 15 is 0 Å². The zero-order valence-electron chi connectivity index (χ0n) is 9.21. The number of hydrogen-bond donors (Lipinski definition) is 1. The summed E-state index contributed by atoms with van der Waals surface area (Å²) in [6.07, 6.45) is 8.06. The van der Waals surface area contributed by atoms with Crippen LogP contribution in [0.25, 0.3) is 0 Å². The second-order valence-electron chi connectivity index (χ2n) is 5.06. The molecule has 1 saturated carbocycles. The van der Waals surface area contributed by atoms with Crippen LogP contribution in [0.1, 0.15) is 44.9 Å². The molecule has 2 aliphatic rings. The lowest BCUT2D eigenvalue weighted by Gasteiger charge is -2.46. The maximum atomic E-state index is 10.9. The molecule has 1 saturated heterocycles. The Kier molecular flexibility index (Phi) is 3.60. The lowest BCUT2D eigenvalue weighted by Crippen LogP contribution is -2.39. The van der Waals surface area contributed by atoms with Crippen molar-refractivity contribution in [1.29, 1.82) is 0 Å². The molecular formula is C12H20O2S. The van der Waals surface area contributed by atoms with Gasteiger partial charge >= 0.3 is 5.97 Å². The Hall–Kier alpha value is -0.180. The smallest absolute Gasteiger partial charge is 0.303 e. The van der Waals surface area contributed by atoms with Crippen LogP contribution in [0.15, 0.2) is 0 Å². The molecule has 1 spiro atoms. The SMILES string of the molecule is O=C(O)CC1CCSCC12CCCCC2. The highest BCUT2D eigenvalue weighted by Crippen LogP contribution is 2.50. The fraction of sp³-hybridized carbons (Fsp3) is 0.917. The molecule has 3 heteroatoms. The fourth-order valence-corrected chi connectivity index (χ4v) is 4.79. The Morgan fingerprint density at radius 2 is 2.07 bits per heavy atom. The first kappa shape index (κ1) is 11.3. The highest BCUT2D eigenvalue weighted by Gasteiger charge is 2.42. The van der Waals surface area contributed by atoms with Crippen molar-refractivity contribution in [2.75, 3.05) is 11.5 Å². The summed E-state index contributed by atoms with van der Waals surface area (Å²) in [6, 6.07) is 0. The quantitative estimate of drug-likeness (QED) is 0.789. The standard InChI is InChI=1S/C12H20O2S/c13-11(14)8-10-4-7-15-9-12(10)5-2-1-3-6-12/h10H,1-9H2,(H,13,14). The molecule has 1 heterocycles. The van der Waals surface area contributed by atoms with E-state index in [-0.39, 0.29) is 0 Å². The zero-order chi connectivity index (χ0) is 10.7. The molecule has 15 heavy (non-hydrogen) atoms. The van der Waals surface area contributed by atoms with Crippen LogP contribution in [0.3, 0.4) is 0 Å². The maximum absolute atomic E-state index is 10.9. The van der Waals surface area contributed by atoms with Crippen molar-refractivity contribution in [3.63, 3.8) is 0 Å². The number of rotatable bonds is 2. The third-order valence-corrected chi connectivity index (χ3v) is 5.44. The number of carboxylic acid groups (broad SMARTS) is 1. The Morgan fingerprint density at radius 3 is 2.73 bits per heavy atom. The Morgan fingerprint density at radius 1 is 1.33 bits per heavy atom. The van der Waals surface area contributed by atoms with Crippen molar-refractivity contribution in [2.45, 2.75) is 44.9 Å². The minimum atomic E-state index is -0.600. The van der Waals surface area contributed by atoms with Gasteiger partial charge in [-0.05, 0) is 42.1 Å². The second kappa shape index (κ2) is 4.77.